The molecule has 0 heterocycles. The summed E-state index contributed by atoms with van der Waals surface area (Å²) in [6.45, 7) is 2.63. The van der Waals surface area contributed by atoms with Gasteiger partial charge in [-0.1, -0.05) is 22.9 Å². The first-order valence-electron chi connectivity index (χ1n) is 6.59. The third-order valence-electron chi connectivity index (χ3n) is 3.22. The zero-order chi connectivity index (χ0) is 15.2. The van der Waals surface area contributed by atoms with Crippen LogP contribution in [0.4, 0.5) is 5.69 Å². The Hall–Kier alpha value is -2.69. The molecule has 0 unspecified atom stereocenters. The van der Waals surface area contributed by atoms with E-state index >= 15 is 0 Å². The van der Waals surface area contributed by atoms with Crippen molar-refractivity contribution < 1.29 is 9.94 Å². The molecule has 0 amide bonds. The lowest BCUT2D eigenvalue weighted by Crippen LogP contribution is -2.14. The lowest BCUT2D eigenvalue weighted by molar-refractivity contribution is 0.318. The van der Waals surface area contributed by atoms with E-state index in [1.165, 1.54) is 5.56 Å². The molecule has 0 atom stereocenters. The first-order valence-corrected chi connectivity index (χ1v) is 6.59. The molecular formula is C16H19N3O2. The highest BCUT2D eigenvalue weighted by Crippen LogP contribution is 2.21. The van der Waals surface area contributed by atoms with Crippen molar-refractivity contribution in [3.63, 3.8) is 0 Å². The van der Waals surface area contributed by atoms with Crippen molar-refractivity contribution in [2.45, 2.75) is 13.5 Å². The Morgan fingerprint density at radius 2 is 1.95 bits per heavy atom. The maximum Gasteiger partial charge on any atom is 0.170 e. The van der Waals surface area contributed by atoms with Crippen molar-refractivity contribution in [2.75, 3.05) is 12.4 Å². The van der Waals surface area contributed by atoms with Crippen molar-refractivity contribution in [2.24, 2.45) is 10.9 Å². The molecule has 0 saturated heterocycles. The van der Waals surface area contributed by atoms with Gasteiger partial charge in [-0.15, -0.1) is 0 Å². The number of aryl methyl sites for hydroxylation is 1. The van der Waals surface area contributed by atoms with Gasteiger partial charge in [-0.2, -0.15) is 0 Å². The van der Waals surface area contributed by atoms with E-state index in [4.69, 9.17) is 15.7 Å². The molecule has 0 aliphatic carbocycles. The number of amidine groups is 1. The molecule has 2 aromatic rings. The number of methoxy groups -OCH3 is 1. The fraction of sp³-hybridized carbons (Fsp3) is 0.188. The summed E-state index contributed by atoms with van der Waals surface area (Å²) in [5, 5.41) is 15.1. The van der Waals surface area contributed by atoms with Gasteiger partial charge in [0.25, 0.3) is 0 Å². The van der Waals surface area contributed by atoms with Crippen molar-refractivity contribution >= 4 is 11.5 Å². The highest BCUT2D eigenvalue weighted by atomic mass is 16.5. The van der Waals surface area contributed by atoms with Crippen LogP contribution in [0.2, 0.25) is 0 Å². The Bertz CT molecular complexity index is 636. The molecule has 0 aromatic heterocycles. The van der Waals surface area contributed by atoms with Crippen LogP contribution >= 0.6 is 0 Å². The maximum atomic E-state index is 8.76. The Morgan fingerprint density at radius 3 is 2.57 bits per heavy atom. The number of rotatable bonds is 5. The number of nitrogens with one attached hydrogen (secondary N) is 1. The number of anilines is 1. The largest absolute Gasteiger partial charge is 0.496 e. The van der Waals surface area contributed by atoms with Gasteiger partial charge in [0, 0.05) is 23.4 Å². The molecule has 0 aliphatic heterocycles. The Balaban J connectivity index is 2.19. The molecular weight excluding hydrogens is 266 g/mol. The van der Waals surface area contributed by atoms with E-state index in [0.29, 0.717) is 12.1 Å². The van der Waals surface area contributed by atoms with Crippen LogP contribution in [0, 0.1) is 6.92 Å². The van der Waals surface area contributed by atoms with Crippen LogP contribution in [-0.2, 0) is 6.54 Å². The Labute approximate surface area is 124 Å². The molecule has 0 fully saturated rings. The third kappa shape index (κ3) is 3.66. The molecule has 5 nitrogen and oxygen atoms in total. The highest BCUT2D eigenvalue weighted by molar-refractivity contribution is 5.97. The minimum absolute atomic E-state index is 0.0780. The SMILES string of the molecule is COc1ccc(/C(N)=N/O)cc1CNc1ccc(C)cc1. The first kappa shape index (κ1) is 14.7. The molecule has 2 rings (SSSR count). The summed E-state index contributed by atoms with van der Waals surface area (Å²) in [7, 11) is 1.62. The van der Waals surface area contributed by atoms with E-state index in [2.05, 4.69) is 10.5 Å². The summed E-state index contributed by atoms with van der Waals surface area (Å²) in [4.78, 5) is 0. The fourth-order valence-electron chi connectivity index (χ4n) is 2.00. The van der Waals surface area contributed by atoms with Gasteiger partial charge in [-0.3, -0.25) is 0 Å². The van der Waals surface area contributed by atoms with Crippen LogP contribution in [0.5, 0.6) is 5.75 Å². The normalized spacial score (nSPS) is 11.2. The van der Waals surface area contributed by atoms with E-state index < -0.39 is 0 Å². The zero-order valence-electron chi connectivity index (χ0n) is 12.1. The molecule has 2 aromatic carbocycles. The average molecular weight is 285 g/mol. The smallest absolute Gasteiger partial charge is 0.170 e. The predicted octanol–water partition coefficient (Wildman–Crippen LogP) is 2.71. The number of nitrogens with zero attached hydrogens (tertiary/aromatic N) is 1. The average Bonchev–Trinajstić information content (AvgIpc) is 2.53. The topological polar surface area (TPSA) is 79.9 Å². The Kier molecular flexibility index (Phi) is 4.66. The van der Waals surface area contributed by atoms with Gasteiger partial charge < -0.3 is 21.0 Å². The summed E-state index contributed by atoms with van der Waals surface area (Å²) >= 11 is 0. The second kappa shape index (κ2) is 6.65. The number of ether oxygens (including phenoxy) is 1. The Morgan fingerprint density at radius 1 is 1.24 bits per heavy atom. The van der Waals surface area contributed by atoms with Crippen molar-refractivity contribution in [1.82, 2.24) is 0 Å². The lowest BCUT2D eigenvalue weighted by Gasteiger charge is -2.12. The second-order valence-electron chi connectivity index (χ2n) is 4.73. The molecule has 0 aliphatic rings. The number of benzene rings is 2. The summed E-state index contributed by atoms with van der Waals surface area (Å²) < 4.78 is 5.34. The lowest BCUT2D eigenvalue weighted by atomic mass is 10.1. The zero-order valence-corrected chi connectivity index (χ0v) is 12.1. The van der Waals surface area contributed by atoms with Gasteiger partial charge in [0.15, 0.2) is 5.84 Å². The highest BCUT2D eigenvalue weighted by Gasteiger charge is 2.07. The van der Waals surface area contributed by atoms with E-state index in [9.17, 15) is 0 Å². The molecule has 0 saturated carbocycles. The monoisotopic (exact) mass is 285 g/mol. The van der Waals surface area contributed by atoms with Crippen LogP contribution in [-0.4, -0.2) is 18.2 Å². The van der Waals surface area contributed by atoms with Crippen LogP contribution in [0.3, 0.4) is 0 Å². The summed E-state index contributed by atoms with van der Waals surface area (Å²) in [5.74, 6) is 0.832. The van der Waals surface area contributed by atoms with Gasteiger partial charge in [-0.25, -0.2) is 0 Å². The van der Waals surface area contributed by atoms with Crippen molar-refractivity contribution in [3.05, 3.63) is 59.2 Å². The number of hydrogen-bond donors (Lipinski definition) is 3. The third-order valence-corrected chi connectivity index (χ3v) is 3.22. The van der Waals surface area contributed by atoms with Crippen LogP contribution in [0.15, 0.2) is 47.6 Å². The minimum Gasteiger partial charge on any atom is -0.496 e. The van der Waals surface area contributed by atoms with E-state index in [1.807, 2.05) is 37.3 Å². The van der Waals surface area contributed by atoms with Gasteiger partial charge in [0.2, 0.25) is 0 Å². The van der Waals surface area contributed by atoms with Gasteiger partial charge >= 0.3 is 0 Å². The predicted molar refractivity (Wildman–Crippen MR) is 84.0 cm³/mol. The standard InChI is InChI=1S/C16H19N3O2/c1-11-3-6-14(7-4-11)18-10-13-9-12(16(17)19-20)5-8-15(13)21-2/h3-9,18,20H,10H2,1-2H3,(H2,17,19). The maximum absolute atomic E-state index is 8.76. The van der Waals surface area contributed by atoms with Gasteiger partial charge in [-0.05, 0) is 37.3 Å². The summed E-state index contributed by atoms with van der Waals surface area (Å²) in [5.41, 5.74) is 9.44. The van der Waals surface area contributed by atoms with Crippen molar-refractivity contribution in [1.29, 1.82) is 0 Å². The van der Waals surface area contributed by atoms with Crippen LogP contribution < -0.4 is 15.8 Å². The summed E-state index contributed by atoms with van der Waals surface area (Å²) in [6, 6.07) is 13.5. The minimum atomic E-state index is 0.0780. The first-order chi connectivity index (χ1) is 10.1. The molecule has 21 heavy (non-hydrogen) atoms. The molecule has 0 radical (unpaired) electrons. The molecule has 4 N–H and O–H groups in total. The molecule has 5 heteroatoms. The fourth-order valence-corrected chi connectivity index (χ4v) is 2.00. The molecule has 0 bridgehead atoms. The number of hydrogen-bond acceptors (Lipinski definition) is 4. The van der Waals surface area contributed by atoms with Crippen LogP contribution in [0.25, 0.3) is 0 Å². The van der Waals surface area contributed by atoms with Gasteiger partial charge in [0.1, 0.15) is 5.75 Å². The van der Waals surface area contributed by atoms with Crippen molar-refractivity contribution in [3.8, 4) is 5.75 Å². The molecule has 0 spiro atoms. The second-order valence-corrected chi connectivity index (χ2v) is 4.73. The van der Waals surface area contributed by atoms with E-state index in [0.717, 1.165) is 17.0 Å². The molecule has 110 valence electrons. The number of oxime groups is 1. The van der Waals surface area contributed by atoms with E-state index in [1.54, 1.807) is 19.2 Å². The van der Waals surface area contributed by atoms with Gasteiger partial charge in [0.05, 0.1) is 7.11 Å². The number of nitrogens with two attached hydrogens (primary N) is 1. The summed E-state index contributed by atoms with van der Waals surface area (Å²) in [6.07, 6.45) is 0. The van der Waals surface area contributed by atoms with Crippen LogP contribution in [0.1, 0.15) is 16.7 Å². The van der Waals surface area contributed by atoms with E-state index in [-0.39, 0.29) is 5.84 Å². The quantitative estimate of drug-likeness (QED) is 0.341.